The topological polar surface area (TPSA) is 32.5 Å². The van der Waals surface area contributed by atoms with Crippen molar-refractivity contribution in [3.63, 3.8) is 0 Å². The van der Waals surface area contributed by atoms with E-state index in [0.717, 1.165) is 6.54 Å². The summed E-state index contributed by atoms with van der Waals surface area (Å²) in [6.07, 6.45) is 0. The molecule has 0 saturated carbocycles. The van der Waals surface area contributed by atoms with Crippen LogP contribution in [-0.2, 0) is 0 Å². The molecule has 1 rings (SSSR count). The zero-order valence-corrected chi connectivity index (χ0v) is 10.8. The first-order valence-corrected chi connectivity index (χ1v) is 6.07. The highest BCUT2D eigenvalue weighted by Crippen LogP contribution is 2.16. The maximum absolute atomic E-state index is 5.80. The lowest BCUT2D eigenvalue weighted by atomic mass is 9.96. The fourth-order valence-electron chi connectivity index (χ4n) is 2.21. The van der Waals surface area contributed by atoms with Crippen LogP contribution >= 0.6 is 0 Å². The largest absolute Gasteiger partial charge is 0.327 e. The molecule has 1 fully saturated rings. The Morgan fingerprint density at radius 2 is 1.53 bits per heavy atom. The summed E-state index contributed by atoms with van der Waals surface area (Å²) in [4.78, 5) is 5.04. The van der Waals surface area contributed by atoms with E-state index in [9.17, 15) is 0 Å². The summed E-state index contributed by atoms with van der Waals surface area (Å²) in [5.41, 5.74) is 6.22. The van der Waals surface area contributed by atoms with Crippen LogP contribution in [0, 0.1) is 5.41 Å². The van der Waals surface area contributed by atoms with Crippen molar-refractivity contribution in [3.8, 4) is 0 Å². The van der Waals surface area contributed by atoms with Crippen LogP contribution in [0.3, 0.4) is 0 Å². The van der Waals surface area contributed by atoms with Crippen LogP contribution < -0.4 is 5.73 Å². The van der Waals surface area contributed by atoms with Gasteiger partial charge in [-0.1, -0.05) is 20.8 Å². The first-order chi connectivity index (χ1) is 6.87. The molecule has 0 amide bonds. The summed E-state index contributed by atoms with van der Waals surface area (Å²) in [5, 5.41) is 0. The van der Waals surface area contributed by atoms with Crippen LogP contribution in [0.5, 0.6) is 0 Å². The van der Waals surface area contributed by atoms with Crippen LogP contribution in [0.2, 0.25) is 0 Å². The molecule has 0 aromatic carbocycles. The molecular weight excluding hydrogens is 186 g/mol. The molecule has 0 aromatic heterocycles. The third-order valence-electron chi connectivity index (χ3n) is 2.71. The van der Waals surface area contributed by atoms with Crippen LogP contribution in [0.4, 0.5) is 0 Å². The van der Waals surface area contributed by atoms with Crippen molar-refractivity contribution >= 4 is 0 Å². The maximum atomic E-state index is 5.80. The first-order valence-electron chi connectivity index (χ1n) is 6.07. The first kappa shape index (κ1) is 12.9. The van der Waals surface area contributed by atoms with Crippen LogP contribution in [0.1, 0.15) is 27.7 Å². The predicted octanol–water partition coefficient (Wildman–Crippen LogP) is 0.997. The average Bonchev–Trinajstić information content (AvgIpc) is 2.05. The van der Waals surface area contributed by atoms with Crippen LogP contribution in [-0.4, -0.2) is 55.1 Å². The molecule has 1 unspecified atom stereocenters. The summed E-state index contributed by atoms with van der Waals surface area (Å²) >= 11 is 0. The summed E-state index contributed by atoms with van der Waals surface area (Å²) in [6.45, 7) is 16.0. The van der Waals surface area contributed by atoms with Crippen LogP contribution in [0.15, 0.2) is 0 Å². The summed E-state index contributed by atoms with van der Waals surface area (Å²) in [7, 11) is 0. The Bertz CT molecular complexity index is 176. The van der Waals surface area contributed by atoms with Gasteiger partial charge in [-0.05, 0) is 12.3 Å². The Kier molecular flexibility index (Phi) is 4.56. The van der Waals surface area contributed by atoms with Gasteiger partial charge in [0.15, 0.2) is 0 Å². The van der Waals surface area contributed by atoms with E-state index in [1.165, 1.54) is 32.7 Å². The number of nitrogens with zero attached hydrogens (tertiary/aromatic N) is 2. The van der Waals surface area contributed by atoms with Gasteiger partial charge in [-0.25, -0.2) is 0 Å². The van der Waals surface area contributed by atoms with Gasteiger partial charge in [0.1, 0.15) is 0 Å². The van der Waals surface area contributed by atoms with E-state index in [-0.39, 0.29) is 0 Å². The molecule has 0 bridgehead atoms. The zero-order valence-electron chi connectivity index (χ0n) is 10.8. The minimum Gasteiger partial charge on any atom is -0.327 e. The van der Waals surface area contributed by atoms with Gasteiger partial charge >= 0.3 is 0 Å². The molecular formula is C12H27N3. The van der Waals surface area contributed by atoms with Gasteiger partial charge in [0.05, 0.1) is 0 Å². The normalized spacial score (nSPS) is 23.0. The Hall–Kier alpha value is -0.120. The third-order valence-corrected chi connectivity index (χ3v) is 2.71. The fourth-order valence-corrected chi connectivity index (χ4v) is 2.21. The Morgan fingerprint density at radius 3 is 1.93 bits per heavy atom. The lowest BCUT2D eigenvalue weighted by Gasteiger charge is -2.38. The molecule has 1 atom stereocenters. The second kappa shape index (κ2) is 5.28. The number of hydrogen-bond donors (Lipinski definition) is 1. The van der Waals surface area contributed by atoms with E-state index in [4.69, 9.17) is 5.73 Å². The van der Waals surface area contributed by atoms with Crippen molar-refractivity contribution in [1.82, 2.24) is 9.80 Å². The van der Waals surface area contributed by atoms with E-state index < -0.39 is 0 Å². The highest BCUT2D eigenvalue weighted by atomic mass is 15.3. The van der Waals surface area contributed by atoms with Crippen molar-refractivity contribution in [2.75, 3.05) is 39.3 Å². The van der Waals surface area contributed by atoms with E-state index in [2.05, 4.69) is 37.5 Å². The monoisotopic (exact) mass is 213 g/mol. The lowest BCUT2D eigenvalue weighted by Crippen LogP contribution is -2.50. The minimum atomic E-state index is 0.305. The SMILES string of the molecule is CC(N)CN1CCN(CC(C)(C)C)CC1. The highest BCUT2D eigenvalue weighted by molar-refractivity contribution is 4.77. The molecule has 2 N–H and O–H groups in total. The fraction of sp³-hybridized carbons (Fsp3) is 1.00. The van der Waals surface area contributed by atoms with E-state index in [1.807, 2.05) is 0 Å². The molecule has 90 valence electrons. The second-order valence-electron chi connectivity index (χ2n) is 6.11. The van der Waals surface area contributed by atoms with E-state index in [0.29, 0.717) is 11.5 Å². The summed E-state index contributed by atoms with van der Waals surface area (Å²) in [6, 6.07) is 0.305. The molecule has 1 aliphatic heterocycles. The average molecular weight is 213 g/mol. The Morgan fingerprint density at radius 1 is 1.07 bits per heavy atom. The quantitative estimate of drug-likeness (QED) is 0.759. The van der Waals surface area contributed by atoms with Crippen molar-refractivity contribution in [2.24, 2.45) is 11.1 Å². The standard InChI is InChI=1S/C12H27N3/c1-11(13)9-14-5-7-15(8-6-14)10-12(2,3)4/h11H,5-10,13H2,1-4H3. The molecule has 15 heavy (non-hydrogen) atoms. The molecule has 0 aliphatic carbocycles. The predicted molar refractivity (Wildman–Crippen MR) is 66.0 cm³/mol. The zero-order chi connectivity index (χ0) is 11.5. The van der Waals surface area contributed by atoms with Gasteiger partial charge in [0.25, 0.3) is 0 Å². The molecule has 0 radical (unpaired) electrons. The number of hydrogen-bond acceptors (Lipinski definition) is 3. The molecule has 0 spiro atoms. The number of rotatable bonds is 3. The van der Waals surface area contributed by atoms with Crippen molar-refractivity contribution < 1.29 is 0 Å². The van der Waals surface area contributed by atoms with Gasteiger partial charge in [-0.15, -0.1) is 0 Å². The van der Waals surface area contributed by atoms with E-state index >= 15 is 0 Å². The minimum absolute atomic E-state index is 0.305. The Labute approximate surface area is 94.6 Å². The molecule has 0 aromatic rings. The van der Waals surface area contributed by atoms with E-state index in [1.54, 1.807) is 0 Å². The van der Waals surface area contributed by atoms with Crippen LogP contribution in [0.25, 0.3) is 0 Å². The molecule has 1 heterocycles. The van der Waals surface area contributed by atoms with Crippen molar-refractivity contribution in [1.29, 1.82) is 0 Å². The molecule has 1 saturated heterocycles. The van der Waals surface area contributed by atoms with Gasteiger partial charge in [-0.3, -0.25) is 4.90 Å². The van der Waals surface area contributed by atoms with Crippen molar-refractivity contribution in [3.05, 3.63) is 0 Å². The molecule has 3 nitrogen and oxygen atoms in total. The van der Waals surface area contributed by atoms with Gasteiger partial charge in [0.2, 0.25) is 0 Å². The van der Waals surface area contributed by atoms with Gasteiger partial charge < -0.3 is 10.6 Å². The third kappa shape index (κ3) is 5.50. The summed E-state index contributed by atoms with van der Waals surface area (Å²) < 4.78 is 0. The summed E-state index contributed by atoms with van der Waals surface area (Å²) in [5.74, 6) is 0. The molecule has 1 aliphatic rings. The number of nitrogens with two attached hydrogens (primary N) is 1. The maximum Gasteiger partial charge on any atom is 0.0139 e. The second-order valence-corrected chi connectivity index (χ2v) is 6.11. The smallest absolute Gasteiger partial charge is 0.0139 e. The molecule has 3 heteroatoms. The van der Waals surface area contributed by atoms with Gasteiger partial charge in [0, 0.05) is 45.3 Å². The van der Waals surface area contributed by atoms with Gasteiger partial charge in [-0.2, -0.15) is 0 Å². The lowest BCUT2D eigenvalue weighted by molar-refractivity contribution is 0.0997. The Balaban J connectivity index is 2.24. The number of piperazine rings is 1. The highest BCUT2D eigenvalue weighted by Gasteiger charge is 2.21. The van der Waals surface area contributed by atoms with Crippen molar-refractivity contribution in [2.45, 2.75) is 33.7 Å².